The fraction of sp³-hybridized carbons (Fsp3) is 0.517. The predicted molar refractivity (Wildman–Crippen MR) is 151 cm³/mol. The molecule has 2 aromatic rings. The number of benzene rings is 1. The van der Waals surface area contributed by atoms with Crippen LogP contribution in [0.1, 0.15) is 72.2 Å². The van der Waals surface area contributed by atoms with Gasteiger partial charge < -0.3 is 29.6 Å². The Morgan fingerprint density at radius 1 is 1.05 bits per heavy atom. The molecule has 1 aliphatic carbocycles. The average Bonchev–Trinajstić information content (AvgIpc) is 3.27. The molecule has 2 amide bonds. The Labute approximate surface area is 238 Å². The normalized spacial score (nSPS) is 15.8. The molecule has 0 spiro atoms. The third kappa shape index (κ3) is 7.32. The summed E-state index contributed by atoms with van der Waals surface area (Å²) < 4.78 is 21.2. The number of anilines is 1. The highest BCUT2D eigenvalue weighted by atomic mass is 32.1. The number of thiophene rings is 1. The van der Waals surface area contributed by atoms with Gasteiger partial charge in [0.15, 0.2) is 6.10 Å². The second kappa shape index (κ2) is 13.6. The van der Waals surface area contributed by atoms with Crippen LogP contribution < -0.4 is 20.1 Å². The first-order chi connectivity index (χ1) is 19.0. The molecule has 1 aliphatic rings. The van der Waals surface area contributed by atoms with Crippen molar-refractivity contribution in [3.63, 3.8) is 0 Å². The molecule has 0 aliphatic heterocycles. The second-order valence-electron chi connectivity index (χ2n) is 10.1. The van der Waals surface area contributed by atoms with Crippen molar-refractivity contribution in [2.45, 2.75) is 66.0 Å². The molecule has 3 rings (SSSR count). The van der Waals surface area contributed by atoms with E-state index in [1.807, 2.05) is 0 Å². The zero-order valence-electron chi connectivity index (χ0n) is 24.0. The van der Waals surface area contributed by atoms with Crippen molar-refractivity contribution >= 4 is 40.1 Å². The molecule has 3 atom stereocenters. The van der Waals surface area contributed by atoms with E-state index in [1.165, 1.54) is 44.6 Å². The number of rotatable bonds is 11. The van der Waals surface area contributed by atoms with Crippen molar-refractivity contribution in [1.29, 1.82) is 0 Å². The maximum Gasteiger partial charge on any atom is 0.341 e. The molecule has 10 nitrogen and oxygen atoms in total. The standard InChI is InChI=1S/C29H38N2O8S/c1-8-38-28(34)23-21-10-9-16(4)11-22(21)40-27(23)31-25(32)17(5)39-29(35)24(15(2)3)30-26(33)18-12-19(36-6)14-20(13-18)37-7/h12-17,24H,8-11H2,1-7H3,(H,30,33)(H,31,32)/t16-,17+,24+/m1/s1. The van der Waals surface area contributed by atoms with Crippen LogP contribution in [-0.2, 0) is 31.9 Å². The van der Waals surface area contributed by atoms with E-state index in [0.29, 0.717) is 28.0 Å². The highest BCUT2D eigenvalue weighted by molar-refractivity contribution is 7.17. The molecule has 218 valence electrons. The van der Waals surface area contributed by atoms with Crippen LogP contribution in [0.2, 0.25) is 0 Å². The summed E-state index contributed by atoms with van der Waals surface area (Å²) in [7, 11) is 2.94. The van der Waals surface area contributed by atoms with Crippen LogP contribution in [0.4, 0.5) is 5.00 Å². The highest BCUT2D eigenvalue weighted by Crippen LogP contribution is 2.40. The molecule has 0 saturated heterocycles. The predicted octanol–water partition coefficient (Wildman–Crippen LogP) is 4.39. The lowest BCUT2D eigenvalue weighted by Gasteiger charge is -2.23. The number of hydrogen-bond acceptors (Lipinski definition) is 9. The minimum atomic E-state index is -1.18. The zero-order valence-corrected chi connectivity index (χ0v) is 24.9. The van der Waals surface area contributed by atoms with Crippen molar-refractivity contribution in [1.82, 2.24) is 5.32 Å². The molecule has 11 heteroatoms. The molecule has 0 bridgehead atoms. The van der Waals surface area contributed by atoms with Crippen molar-refractivity contribution < 1.29 is 38.1 Å². The number of amides is 2. The summed E-state index contributed by atoms with van der Waals surface area (Å²) in [5.41, 5.74) is 1.53. The Balaban J connectivity index is 1.73. The molecule has 1 aromatic carbocycles. The number of carbonyl (C=O) groups excluding carboxylic acids is 4. The van der Waals surface area contributed by atoms with E-state index in [0.717, 1.165) is 29.7 Å². The van der Waals surface area contributed by atoms with Gasteiger partial charge in [-0.05, 0) is 62.6 Å². The molecular weight excluding hydrogens is 536 g/mol. The first-order valence-corrected chi connectivity index (χ1v) is 14.2. The van der Waals surface area contributed by atoms with Gasteiger partial charge in [-0.15, -0.1) is 11.3 Å². The summed E-state index contributed by atoms with van der Waals surface area (Å²) >= 11 is 1.36. The van der Waals surface area contributed by atoms with Gasteiger partial charge in [0, 0.05) is 16.5 Å². The summed E-state index contributed by atoms with van der Waals surface area (Å²) in [5.74, 6) is -1.36. The molecule has 2 N–H and O–H groups in total. The summed E-state index contributed by atoms with van der Waals surface area (Å²) in [6.45, 7) is 9.05. The third-order valence-electron chi connectivity index (χ3n) is 6.71. The summed E-state index contributed by atoms with van der Waals surface area (Å²) in [4.78, 5) is 53.0. The minimum absolute atomic E-state index is 0.214. The van der Waals surface area contributed by atoms with Crippen LogP contribution in [0.25, 0.3) is 0 Å². The van der Waals surface area contributed by atoms with Crippen LogP contribution in [-0.4, -0.2) is 56.7 Å². The first-order valence-electron chi connectivity index (χ1n) is 13.4. The van der Waals surface area contributed by atoms with Crippen molar-refractivity contribution in [3.05, 3.63) is 39.8 Å². The molecular formula is C29H38N2O8S. The molecule has 1 aromatic heterocycles. The van der Waals surface area contributed by atoms with Crippen LogP contribution in [0.15, 0.2) is 18.2 Å². The fourth-order valence-electron chi connectivity index (χ4n) is 4.43. The first kappa shape index (κ1) is 30.9. The van der Waals surface area contributed by atoms with Crippen LogP contribution >= 0.6 is 11.3 Å². The number of carbonyl (C=O) groups is 4. The zero-order chi connectivity index (χ0) is 29.6. The van der Waals surface area contributed by atoms with Gasteiger partial charge in [-0.2, -0.15) is 0 Å². The lowest BCUT2D eigenvalue weighted by atomic mass is 9.88. The lowest BCUT2D eigenvalue weighted by molar-refractivity contribution is -0.156. The Morgan fingerprint density at radius 3 is 2.27 bits per heavy atom. The largest absolute Gasteiger partial charge is 0.497 e. The SMILES string of the molecule is CCOC(=O)c1c(NC(=O)[C@H](C)OC(=O)[C@@H](NC(=O)c2cc(OC)cc(OC)c2)C(C)C)sc2c1CC[C@@H](C)C2. The maximum atomic E-state index is 13.1. The van der Waals surface area contributed by atoms with Gasteiger partial charge >= 0.3 is 11.9 Å². The number of esters is 2. The molecule has 0 unspecified atom stereocenters. The van der Waals surface area contributed by atoms with Gasteiger partial charge in [0.2, 0.25) is 0 Å². The van der Waals surface area contributed by atoms with Gasteiger partial charge in [-0.25, -0.2) is 9.59 Å². The van der Waals surface area contributed by atoms with E-state index in [-0.39, 0.29) is 18.1 Å². The molecule has 0 saturated carbocycles. The Morgan fingerprint density at radius 2 is 1.70 bits per heavy atom. The third-order valence-corrected chi connectivity index (χ3v) is 7.88. The number of nitrogens with one attached hydrogen (secondary N) is 2. The lowest BCUT2D eigenvalue weighted by Crippen LogP contribution is -2.47. The van der Waals surface area contributed by atoms with Crippen LogP contribution in [0.3, 0.4) is 0 Å². The van der Waals surface area contributed by atoms with Crippen molar-refractivity contribution in [2.75, 3.05) is 26.1 Å². The molecule has 0 fully saturated rings. The minimum Gasteiger partial charge on any atom is -0.497 e. The van der Waals surface area contributed by atoms with Crippen LogP contribution in [0.5, 0.6) is 11.5 Å². The van der Waals surface area contributed by atoms with Crippen LogP contribution in [0, 0.1) is 11.8 Å². The Hall–Kier alpha value is -3.60. The van der Waals surface area contributed by atoms with Gasteiger partial charge in [-0.3, -0.25) is 9.59 Å². The Kier molecular flexibility index (Phi) is 10.6. The van der Waals surface area contributed by atoms with Gasteiger partial charge in [0.05, 0.1) is 26.4 Å². The summed E-state index contributed by atoms with van der Waals surface area (Å²) in [5, 5.41) is 5.86. The number of methoxy groups -OCH3 is 2. The maximum absolute atomic E-state index is 13.1. The van der Waals surface area contributed by atoms with E-state index >= 15 is 0 Å². The number of hydrogen-bond donors (Lipinski definition) is 2. The molecule has 1 heterocycles. The summed E-state index contributed by atoms with van der Waals surface area (Å²) in [6, 6.07) is 3.66. The van der Waals surface area contributed by atoms with Gasteiger partial charge in [-0.1, -0.05) is 20.8 Å². The van der Waals surface area contributed by atoms with Gasteiger partial charge in [0.1, 0.15) is 22.5 Å². The van der Waals surface area contributed by atoms with E-state index < -0.39 is 35.9 Å². The fourth-order valence-corrected chi connectivity index (χ4v) is 5.84. The number of ether oxygens (including phenoxy) is 4. The van der Waals surface area contributed by atoms with Gasteiger partial charge in [0.25, 0.3) is 11.8 Å². The van der Waals surface area contributed by atoms with E-state index in [4.69, 9.17) is 18.9 Å². The second-order valence-corrected chi connectivity index (χ2v) is 11.2. The molecule has 40 heavy (non-hydrogen) atoms. The number of fused-ring (bicyclic) bond motifs is 1. The topological polar surface area (TPSA) is 129 Å². The van der Waals surface area contributed by atoms with E-state index in [1.54, 1.807) is 26.8 Å². The smallest absolute Gasteiger partial charge is 0.341 e. The van der Waals surface area contributed by atoms with E-state index in [2.05, 4.69) is 17.6 Å². The quantitative estimate of drug-likeness (QED) is 0.378. The van der Waals surface area contributed by atoms with Crippen molar-refractivity contribution in [3.8, 4) is 11.5 Å². The summed E-state index contributed by atoms with van der Waals surface area (Å²) in [6.07, 6.45) is 1.32. The molecule has 0 radical (unpaired) electrons. The van der Waals surface area contributed by atoms with E-state index in [9.17, 15) is 19.2 Å². The highest BCUT2D eigenvalue weighted by Gasteiger charge is 2.32. The monoisotopic (exact) mass is 574 g/mol. The van der Waals surface area contributed by atoms with Crippen molar-refractivity contribution in [2.24, 2.45) is 11.8 Å². The average molecular weight is 575 g/mol. The Bertz CT molecular complexity index is 1230.